The molecule has 0 bridgehead atoms. The molecule has 1 aromatic carbocycles. The summed E-state index contributed by atoms with van der Waals surface area (Å²) < 4.78 is 0. The molecular weight excluding hydrogens is 262 g/mol. The maximum Gasteiger partial charge on any atom is 0.247 e. The van der Waals surface area contributed by atoms with Crippen LogP contribution in [0, 0.1) is 12.8 Å². The topological polar surface area (TPSA) is 53.9 Å². The van der Waals surface area contributed by atoms with Crippen LogP contribution in [0.25, 0.3) is 0 Å². The molecule has 110 valence electrons. The summed E-state index contributed by atoms with van der Waals surface area (Å²) in [5, 5.41) is 11.5. The van der Waals surface area contributed by atoms with Crippen molar-refractivity contribution in [1.29, 1.82) is 0 Å². The molecule has 0 spiro atoms. The van der Waals surface area contributed by atoms with Crippen molar-refractivity contribution >= 4 is 17.5 Å². The number of nitrogens with one attached hydrogen (secondary N) is 1. The Hall–Kier alpha value is -2.17. The highest BCUT2D eigenvalue weighted by molar-refractivity contribution is 5.57. The first-order valence-electron chi connectivity index (χ1n) is 7.49. The van der Waals surface area contributed by atoms with Gasteiger partial charge in [0, 0.05) is 18.8 Å². The molecule has 1 aliphatic rings. The van der Waals surface area contributed by atoms with Crippen LogP contribution in [0.1, 0.15) is 25.3 Å². The van der Waals surface area contributed by atoms with Crippen molar-refractivity contribution in [2.75, 3.05) is 23.3 Å². The monoisotopic (exact) mass is 283 g/mol. The second kappa shape index (κ2) is 6.08. The molecule has 0 unspecified atom stereocenters. The van der Waals surface area contributed by atoms with Crippen LogP contribution in [-0.4, -0.2) is 28.3 Å². The lowest BCUT2D eigenvalue weighted by Crippen LogP contribution is -2.34. The van der Waals surface area contributed by atoms with Gasteiger partial charge in [-0.2, -0.15) is 10.1 Å². The number of anilines is 3. The number of hydrogen-bond acceptors (Lipinski definition) is 5. The maximum absolute atomic E-state index is 4.59. The van der Waals surface area contributed by atoms with Gasteiger partial charge in [-0.1, -0.05) is 19.1 Å². The van der Waals surface area contributed by atoms with Crippen LogP contribution >= 0.6 is 0 Å². The molecule has 2 aromatic rings. The predicted molar refractivity (Wildman–Crippen MR) is 84.9 cm³/mol. The van der Waals surface area contributed by atoms with E-state index >= 15 is 0 Å². The molecule has 3 rings (SSSR count). The Morgan fingerprint density at radius 2 is 2.05 bits per heavy atom. The lowest BCUT2D eigenvalue weighted by Gasteiger charge is -2.29. The molecule has 0 amide bonds. The van der Waals surface area contributed by atoms with E-state index in [1.807, 2.05) is 12.1 Å². The number of piperidine rings is 1. The largest absolute Gasteiger partial charge is 0.339 e. The zero-order chi connectivity index (χ0) is 14.7. The molecule has 1 saturated heterocycles. The van der Waals surface area contributed by atoms with Gasteiger partial charge >= 0.3 is 0 Å². The van der Waals surface area contributed by atoms with Gasteiger partial charge in [0.1, 0.15) is 0 Å². The Balaban J connectivity index is 1.74. The second-order valence-corrected chi connectivity index (χ2v) is 5.81. The molecule has 1 aliphatic heterocycles. The molecule has 5 nitrogen and oxygen atoms in total. The summed E-state index contributed by atoms with van der Waals surface area (Å²) in [7, 11) is 0. The van der Waals surface area contributed by atoms with E-state index in [0.717, 1.165) is 36.5 Å². The Kier molecular flexibility index (Phi) is 3.99. The normalized spacial score (nSPS) is 16.0. The first kappa shape index (κ1) is 13.8. The van der Waals surface area contributed by atoms with E-state index in [-0.39, 0.29) is 0 Å². The lowest BCUT2D eigenvalue weighted by molar-refractivity contribution is 0.433. The van der Waals surface area contributed by atoms with Crippen molar-refractivity contribution in [3.63, 3.8) is 0 Å². The van der Waals surface area contributed by atoms with Crippen molar-refractivity contribution in [2.45, 2.75) is 26.7 Å². The maximum atomic E-state index is 4.59. The standard InChI is InChI=1S/C16H21N5/c1-12-6-8-21(9-7-12)16-19-15(11-17-20-16)18-14-5-3-4-13(2)10-14/h3-5,10-12H,6-9H2,1-2H3,(H,18,19,20). The van der Waals surface area contributed by atoms with Crippen LogP contribution in [0.5, 0.6) is 0 Å². The van der Waals surface area contributed by atoms with E-state index in [4.69, 9.17) is 0 Å². The van der Waals surface area contributed by atoms with Crippen LogP contribution in [-0.2, 0) is 0 Å². The zero-order valence-corrected chi connectivity index (χ0v) is 12.6. The fraction of sp³-hybridized carbons (Fsp3) is 0.438. The average molecular weight is 283 g/mol. The third-order valence-corrected chi connectivity index (χ3v) is 3.90. The van der Waals surface area contributed by atoms with Gasteiger partial charge in [-0.3, -0.25) is 0 Å². The smallest absolute Gasteiger partial charge is 0.247 e. The Morgan fingerprint density at radius 3 is 2.81 bits per heavy atom. The van der Waals surface area contributed by atoms with Gasteiger partial charge in [0.2, 0.25) is 5.95 Å². The quantitative estimate of drug-likeness (QED) is 0.937. The van der Waals surface area contributed by atoms with Gasteiger partial charge < -0.3 is 10.2 Å². The summed E-state index contributed by atoms with van der Waals surface area (Å²) >= 11 is 0. The van der Waals surface area contributed by atoms with E-state index in [9.17, 15) is 0 Å². The highest BCUT2D eigenvalue weighted by atomic mass is 15.3. The summed E-state index contributed by atoms with van der Waals surface area (Å²) in [6.07, 6.45) is 4.05. The molecule has 0 aliphatic carbocycles. The average Bonchev–Trinajstić information content (AvgIpc) is 2.48. The molecule has 5 heteroatoms. The van der Waals surface area contributed by atoms with Gasteiger partial charge in [0.05, 0.1) is 6.20 Å². The van der Waals surface area contributed by atoms with E-state index in [1.54, 1.807) is 6.20 Å². The summed E-state index contributed by atoms with van der Waals surface area (Å²) in [5.74, 6) is 2.26. The van der Waals surface area contributed by atoms with Gasteiger partial charge in [-0.25, -0.2) is 0 Å². The summed E-state index contributed by atoms with van der Waals surface area (Å²) in [6.45, 7) is 6.39. The van der Waals surface area contributed by atoms with Crippen molar-refractivity contribution < 1.29 is 0 Å². The second-order valence-electron chi connectivity index (χ2n) is 5.81. The number of benzene rings is 1. The lowest BCUT2D eigenvalue weighted by atomic mass is 10.00. The number of aromatic nitrogens is 3. The number of rotatable bonds is 3. The first-order chi connectivity index (χ1) is 10.2. The fourth-order valence-corrected chi connectivity index (χ4v) is 2.57. The molecule has 2 heterocycles. The Morgan fingerprint density at radius 1 is 1.24 bits per heavy atom. The van der Waals surface area contributed by atoms with Gasteiger partial charge in [0.15, 0.2) is 5.82 Å². The molecule has 0 atom stereocenters. The minimum Gasteiger partial charge on any atom is -0.339 e. The van der Waals surface area contributed by atoms with Crippen molar-refractivity contribution in [3.05, 3.63) is 36.0 Å². The number of aryl methyl sites for hydroxylation is 1. The highest BCUT2D eigenvalue weighted by Crippen LogP contribution is 2.21. The van der Waals surface area contributed by atoms with Gasteiger partial charge in [0.25, 0.3) is 0 Å². The Bertz CT molecular complexity index is 605. The van der Waals surface area contributed by atoms with E-state index in [1.165, 1.54) is 18.4 Å². The van der Waals surface area contributed by atoms with Crippen LogP contribution in [0.2, 0.25) is 0 Å². The van der Waals surface area contributed by atoms with E-state index < -0.39 is 0 Å². The number of hydrogen-bond donors (Lipinski definition) is 1. The SMILES string of the molecule is Cc1cccc(Nc2cnnc(N3CCC(C)CC3)n2)c1. The van der Waals surface area contributed by atoms with Crippen LogP contribution in [0.4, 0.5) is 17.5 Å². The zero-order valence-electron chi connectivity index (χ0n) is 12.6. The number of nitrogens with zero attached hydrogens (tertiary/aromatic N) is 4. The van der Waals surface area contributed by atoms with Crippen LogP contribution < -0.4 is 10.2 Å². The van der Waals surface area contributed by atoms with Crippen LogP contribution in [0.15, 0.2) is 30.5 Å². The van der Waals surface area contributed by atoms with Gasteiger partial charge in [-0.15, -0.1) is 5.10 Å². The third kappa shape index (κ3) is 3.48. The Labute approximate surface area is 125 Å². The first-order valence-corrected chi connectivity index (χ1v) is 7.49. The summed E-state index contributed by atoms with van der Waals surface area (Å²) in [4.78, 5) is 6.80. The van der Waals surface area contributed by atoms with Crippen molar-refractivity contribution in [3.8, 4) is 0 Å². The third-order valence-electron chi connectivity index (χ3n) is 3.90. The minimum absolute atomic E-state index is 0.722. The van der Waals surface area contributed by atoms with E-state index in [0.29, 0.717) is 0 Å². The molecule has 1 fully saturated rings. The molecular formula is C16H21N5. The van der Waals surface area contributed by atoms with Gasteiger partial charge in [-0.05, 0) is 43.4 Å². The van der Waals surface area contributed by atoms with E-state index in [2.05, 4.69) is 51.4 Å². The summed E-state index contributed by atoms with van der Waals surface area (Å²) in [5.41, 5.74) is 2.24. The molecule has 0 saturated carbocycles. The predicted octanol–water partition coefficient (Wildman–Crippen LogP) is 3.16. The van der Waals surface area contributed by atoms with Crippen LogP contribution in [0.3, 0.4) is 0 Å². The molecule has 21 heavy (non-hydrogen) atoms. The summed E-state index contributed by atoms with van der Waals surface area (Å²) in [6, 6.07) is 8.21. The minimum atomic E-state index is 0.722. The molecule has 1 aromatic heterocycles. The highest BCUT2D eigenvalue weighted by Gasteiger charge is 2.18. The molecule has 1 N–H and O–H groups in total. The van der Waals surface area contributed by atoms with Crippen molar-refractivity contribution in [2.24, 2.45) is 5.92 Å². The molecule has 0 radical (unpaired) electrons. The van der Waals surface area contributed by atoms with Crippen molar-refractivity contribution in [1.82, 2.24) is 15.2 Å². The fourth-order valence-electron chi connectivity index (χ4n) is 2.57.